The summed E-state index contributed by atoms with van der Waals surface area (Å²) in [6, 6.07) is 1.90. The Morgan fingerprint density at radius 1 is 1.27 bits per heavy atom. The predicted molar refractivity (Wildman–Crippen MR) is 115 cm³/mol. The van der Waals surface area contributed by atoms with Crippen LogP contribution in [0.1, 0.15) is 64.0 Å². The molecule has 2 aliphatic rings. The van der Waals surface area contributed by atoms with E-state index in [4.69, 9.17) is 23.2 Å². The van der Waals surface area contributed by atoms with Crippen molar-refractivity contribution in [1.29, 1.82) is 0 Å². The van der Waals surface area contributed by atoms with Gasteiger partial charge in [-0.2, -0.15) is 0 Å². The molecule has 166 valence electrons. The number of carbonyl (C=O) groups excluding carboxylic acids is 2. The summed E-state index contributed by atoms with van der Waals surface area (Å²) < 4.78 is 14.9. The standard InChI is InChI=1S/C22H29Cl2FN2O3/c1-12(29)26-14-9-13(11-28)15(10-14)21(30)27-20(22(2)7-3-4-8-22)18-17(25)6-5-16(23)19(18)24/h5-6,13-15,20,28H,3-4,7-11H2,1-2H3,(H,26,29)(H,27,30)/t13-,14-,15-,20?/m1/s1. The number of aliphatic hydroxyl groups excluding tert-OH is 1. The summed E-state index contributed by atoms with van der Waals surface area (Å²) in [4.78, 5) is 24.7. The van der Waals surface area contributed by atoms with E-state index in [-0.39, 0.29) is 51.4 Å². The zero-order valence-corrected chi connectivity index (χ0v) is 18.8. The average molecular weight is 459 g/mol. The number of hydrogen-bond acceptors (Lipinski definition) is 3. The lowest BCUT2D eigenvalue weighted by molar-refractivity contribution is -0.128. The Kier molecular flexibility index (Phi) is 7.31. The molecule has 0 radical (unpaired) electrons. The molecule has 0 aromatic heterocycles. The van der Waals surface area contributed by atoms with Crippen LogP contribution in [0.2, 0.25) is 10.0 Å². The van der Waals surface area contributed by atoms with Gasteiger partial charge in [0, 0.05) is 31.1 Å². The first kappa shape index (κ1) is 23.3. The van der Waals surface area contributed by atoms with Crippen molar-refractivity contribution in [1.82, 2.24) is 10.6 Å². The van der Waals surface area contributed by atoms with Crippen molar-refractivity contribution in [2.24, 2.45) is 17.3 Å². The topological polar surface area (TPSA) is 78.4 Å². The zero-order valence-electron chi connectivity index (χ0n) is 17.3. The molecule has 2 saturated carbocycles. The van der Waals surface area contributed by atoms with Crippen LogP contribution in [0.3, 0.4) is 0 Å². The molecule has 0 heterocycles. The Morgan fingerprint density at radius 2 is 1.93 bits per heavy atom. The van der Waals surface area contributed by atoms with Crippen LogP contribution >= 0.6 is 23.2 Å². The number of amides is 2. The average Bonchev–Trinajstić information content (AvgIpc) is 3.30. The minimum atomic E-state index is -0.627. The van der Waals surface area contributed by atoms with Crippen LogP contribution in [0.5, 0.6) is 0 Å². The van der Waals surface area contributed by atoms with Crippen molar-refractivity contribution in [3.8, 4) is 0 Å². The van der Waals surface area contributed by atoms with E-state index in [0.717, 1.165) is 25.7 Å². The number of rotatable bonds is 6. The highest BCUT2D eigenvalue weighted by Gasteiger charge is 2.44. The highest BCUT2D eigenvalue weighted by molar-refractivity contribution is 6.42. The molecular formula is C22H29Cl2FN2O3. The van der Waals surface area contributed by atoms with Gasteiger partial charge in [0.25, 0.3) is 0 Å². The molecular weight excluding hydrogens is 430 g/mol. The lowest BCUT2D eigenvalue weighted by Gasteiger charge is -2.37. The van der Waals surface area contributed by atoms with Gasteiger partial charge >= 0.3 is 0 Å². The normalized spacial score (nSPS) is 26.4. The van der Waals surface area contributed by atoms with Crippen LogP contribution in [0.4, 0.5) is 4.39 Å². The van der Waals surface area contributed by atoms with E-state index in [9.17, 15) is 19.1 Å². The lowest BCUT2D eigenvalue weighted by Crippen LogP contribution is -2.43. The number of benzene rings is 1. The largest absolute Gasteiger partial charge is 0.396 e. The zero-order chi connectivity index (χ0) is 22.1. The third-order valence-corrected chi connectivity index (χ3v) is 7.59. The Bertz CT molecular complexity index is 814. The van der Waals surface area contributed by atoms with E-state index >= 15 is 0 Å². The van der Waals surface area contributed by atoms with E-state index in [1.165, 1.54) is 19.1 Å². The van der Waals surface area contributed by atoms with Crippen molar-refractivity contribution in [3.05, 3.63) is 33.6 Å². The second kappa shape index (κ2) is 9.41. The fraction of sp³-hybridized carbons (Fsp3) is 0.636. The number of nitrogens with one attached hydrogen (secondary N) is 2. The molecule has 0 aliphatic heterocycles. The van der Waals surface area contributed by atoms with Gasteiger partial charge in [0.1, 0.15) is 5.82 Å². The van der Waals surface area contributed by atoms with Crippen LogP contribution in [-0.4, -0.2) is 29.6 Å². The molecule has 0 saturated heterocycles. The minimum absolute atomic E-state index is 0.122. The number of hydrogen-bond donors (Lipinski definition) is 3. The molecule has 0 bridgehead atoms. The van der Waals surface area contributed by atoms with Crippen molar-refractivity contribution >= 4 is 35.0 Å². The molecule has 4 atom stereocenters. The van der Waals surface area contributed by atoms with Crippen LogP contribution in [0.15, 0.2) is 12.1 Å². The molecule has 30 heavy (non-hydrogen) atoms. The van der Waals surface area contributed by atoms with Crippen molar-refractivity contribution < 1.29 is 19.1 Å². The van der Waals surface area contributed by atoms with E-state index in [2.05, 4.69) is 10.6 Å². The quantitative estimate of drug-likeness (QED) is 0.552. The number of carbonyl (C=O) groups is 2. The third kappa shape index (κ3) is 4.76. The van der Waals surface area contributed by atoms with Crippen LogP contribution < -0.4 is 10.6 Å². The van der Waals surface area contributed by atoms with Gasteiger partial charge in [-0.05, 0) is 49.1 Å². The second-order valence-electron chi connectivity index (χ2n) is 8.98. The highest BCUT2D eigenvalue weighted by Crippen LogP contribution is 2.50. The van der Waals surface area contributed by atoms with Gasteiger partial charge in [0.05, 0.1) is 16.1 Å². The van der Waals surface area contributed by atoms with Crippen LogP contribution in [0, 0.1) is 23.1 Å². The Balaban J connectivity index is 1.90. The second-order valence-corrected chi connectivity index (χ2v) is 9.76. The Labute approximate surface area is 186 Å². The van der Waals surface area contributed by atoms with E-state index in [0.29, 0.717) is 12.8 Å². The summed E-state index contributed by atoms with van der Waals surface area (Å²) in [6.07, 6.45) is 4.63. The molecule has 8 heteroatoms. The predicted octanol–water partition coefficient (Wildman–Crippen LogP) is 4.39. The van der Waals surface area contributed by atoms with Crippen molar-refractivity contribution in [2.75, 3.05) is 6.61 Å². The summed E-state index contributed by atoms with van der Waals surface area (Å²) in [5.41, 5.74) is -0.131. The monoisotopic (exact) mass is 458 g/mol. The van der Waals surface area contributed by atoms with Gasteiger partial charge in [0.2, 0.25) is 11.8 Å². The minimum Gasteiger partial charge on any atom is -0.396 e. The van der Waals surface area contributed by atoms with Crippen LogP contribution in [0.25, 0.3) is 0 Å². The van der Waals surface area contributed by atoms with E-state index in [1.54, 1.807) is 0 Å². The van der Waals surface area contributed by atoms with Gasteiger partial charge < -0.3 is 15.7 Å². The highest BCUT2D eigenvalue weighted by atomic mass is 35.5. The fourth-order valence-corrected chi connectivity index (χ4v) is 5.60. The van der Waals surface area contributed by atoms with Gasteiger partial charge in [0.15, 0.2) is 0 Å². The molecule has 0 spiro atoms. The maximum atomic E-state index is 14.9. The molecule has 2 amide bonds. The fourth-order valence-electron chi connectivity index (χ4n) is 5.18. The van der Waals surface area contributed by atoms with Crippen LogP contribution in [-0.2, 0) is 9.59 Å². The summed E-state index contributed by atoms with van der Waals surface area (Å²) >= 11 is 12.6. The molecule has 2 aliphatic carbocycles. The Hall–Kier alpha value is -1.37. The maximum Gasteiger partial charge on any atom is 0.224 e. The molecule has 5 nitrogen and oxygen atoms in total. The first-order valence-corrected chi connectivity index (χ1v) is 11.2. The smallest absolute Gasteiger partial charge is 0.224 e. The van der Waals surface area contributed by atoms with Gasteiger partial charge in [-0.1, -0.05) is 43.0 Å². The van der Waals surface area contributed by atoms with Crippen molar-refractivity contribution in [3.63, 3.8) is 0 Å². The summed E-state index contributed by atoms with van der Waals surface area (Å²) in [7, 11) is 0. The summed E-state index contributed by atoms with van der Waals surface area (Å²) in [5, 5.41) is 16.0. The summed E-state index contributed by atoms with van der Waals surface area (Å²) in [5.74, 6) is -1.65. The SMILES string of the molecule is CC(=O)N[C@@H]1C[C@H](CO)[C@H](C(=O)NC(c2c(F)ccc(Cl)c2Cl)C2(C)CCCC2)C1. The summed E-state index contributed by atoms with van der Waals surface area (Å²) in [6.45, 7) is 3.32. The third-order valence-electron chi connectivity index (χ3n) is 6.77. The lowest BCUT2D eigenvalue weighted by atomic mass is 9.76. The molecule has 3 N–H and O–H groups in total. The number of aliphatic hydroxyl groups is 1. The van der Waals surface area contributed by atoms with Gasteiger partial charge in [-0.3, -0.25) is 9.59 Å². The van der Waals surface area contributed by atoms with Gasteiger partial charge in [-0.25, -0.2) is 4.39 Å². The first-order chi connectivity index (χ1) is 14.2. The molecule has 1 aromatic rings. The molecule has 2 fully saturated rings. The number of halogens is 3. The molecule has 1 unspecified atom stereocenters. The maximum absolute atomic E-state index is 14.9. The molecule has 3 rings (SSSR count). The Morgan fingerprint density at radius 3 is 2.53 bits per heavy atom. The van der Waals surface area contributed by atoms with Gasteiger partial charge in [-0.15, -0.1) is 0 Å². The van der Waals surface area contributed by atoms with E-state index in [1.807, 2.05) is 6.92 Å². The first-order valence-electron chi connectivity index (χ1n) is 10.5. The van der Waals surface area contributed by atoms with Crippen molar-refractivity contribution in [2.45, 2.75) is 64.5 Å². The molecule has 1 aromatic carbocycles. The van der Waals surface area contributed by atoms with E-state index < -0.39 is 17.8 Å².